The van der Waals surface area contributed by atoms with Gasteiger partial charge in [0.1, 0.15) is 5.54 Å². The minimum Gasteiger partial charge on any atom is -0.480 e. The summed E-state index contributed by atoms with van der Waals surface area (Å²) in [6, 6.07) is 3.78. The average molecular weight is 360 g/mol. The number of rotatable bonds is 4. The third-order valence-corrected chi connectivity index (χ3v) is 5.33. The van der Waals surface area contributed by atoms with Gasteiger partial charge < -0.3 is 10.4 Å². The van der Waals surface area contributed by atoms with Crippen LogP contribution in [0.1, 0.15) is 43.4 Å². The lowest BCUT2D eigenvalue weighted by Gasteiger charge is -2.29. The summed E-state index contributed by atoms with van der Waals surface area (Å²) in [5, 5.41) is 12.3. The predicted octanol–water partition coefficient (Wildman–Crippen LogP) is 3.35. The summed E-state index contributed by atoms with van der Waals surface area (Å²) in [7, 11) is 0. The van der Waals surface area contributed by atoms with Crippen molar-refractivity contribution in [3.05, 3.63) is 20.8 Å². The Morgan fingerprint density at radius 1 is 1.25 bits per heavy atom. The maximum absolute atomic E-state index is 12.1. The van der Waals surface area contributed by atoms with Crippen LogP contribution in [0.4, 0.5) is 0 Å². The maximum Gasteiger partial charge on any atom is 0.329 e. The number of aliphatic carboxylic acids is 1. The molecule has 20 heavy (non-hydrogen) atoms. The molecule has 4 nitrogen and oxygen atoms in total. The van der Waals surface area contributed by atoms with Crippen LogP contribution in [0.25, 0.3) is 0 Å². The third kappa shape index (κ3) is 3.82. The monoisotopic (exact) mass is 359 g/mol. The first-order chi connectivity index (χ1) is 9.52. The molecule has 1 aliphatic carbocycles. The largest absolute Gasteiger partial charge is 0.480 e. The summed E-state index contributed by atoms with van der Waals surface area (Å²) >= 11 is 4.86. The Hall–Kier alpha value is -0.880. The summed E-state index contributed by atoms with van der Waals surface area (Å²) < 4.78 is 0.975. The van der Waals surface area contributed by atoms with Crippen molar-refractivity contribution in [3.63, 3.8) is 0 Å². The first-order valence-electron chi connectivity index (χ1n) is 6.80. The van der Waals surface area contributed by atoms with E-state index in [1.54, 1.807) is 0 Å². The van der Waals surface area contributed by atoms with Crippen LogP contribution in [0.3, 0.4) is 0 Å². The standard InChI is InChI=1S/C14H18BrNO3S/c15-11-6-5-10(20-11)9-12(17)16-14(13(18)19)7-3-1-2-4-8-14/h5-6H,1-4,7-9H2,(H,16,17)(H,18,19). The zero-order valence-corrected chi connectivity index (χ0v) is 13.6. The Balaban J connectivity index is 2.03. The summed E-state index contributed by atoms with van der Waals surface area (Å²) in [5.74, 6) is -1.11. The summed E-state index contributed by atoms with van der Waals surface area (Å²) in [4.78, 5) is 24.7. The Bertz CT molecular complexity index is 492. The van der Waals surface area contributed by atoms with Gasteiger partial charge in [0.2, 0.25) is 5.91 Å². The highest BCUT2D eigenvalue weighted by molar-refractivity contribution is 9.11. The number of carbonyl (C=O) groups is 2. The van der Waals surface area contributed by atoms with Crippen LogP contribution in [-0.2, 0) is 16.0 Å². The van der Waals surface area contributed by atoms with E-state index in [1.807, 2.05) is 12.1 Å². The van der Waals surface area contributed by atoms with Gasteiger partial charge in [-0.1, -0.05) is 25.7 Å². The lowest BCUT2D eigenvalue weighted by molar-refractivity contribution is -0.148. The second kappa shape index (κ2) is 6.72. The number of carbonyl (C=O) groups excluding carboxylic acids is 1. The molecule has 1 saturated carbocycles. The summed E-state index contributed by atoms with van der Waals surface area (Å²) in [5.41, 5.74) is -1.07. The van der Waals surface area contributed by atoms with Crippen LogP contribution in [0.15, 0.2) is 15.9 Å². The lowest BCUT2D eigenvalue weighted by Crippen LogP contribution is -2.54. The minimum atomic E-state index is -1.07. The fraction of sp³-hybridized carbons (Fsp3) is 0.571. The van der Waals surface area contributed by atoms with Gasteiger partial charge in [0.25, 0.3) is 0 Å². The first-order valence-corrected chi connectivity index (χ1v) is 8.41. The number of halogens is 1. The molecule has 6 heteroatoms. The van der Waals surface area contributed by atoms with Crippen molar-refractivity contribution in [2.75, 3.05) is 0 Å². The van der Waals surface area contributed by atoms with Crippen molar-refractivity contribution in [3.8, 4) is 0 Å². The molecule has 110 valence electrons. The number of thiophene rings is 1. The quantitative estimate of drug-likeness (QED) is 0.810. The van der Waals surface area contributed by atoms with E-state index < -0.39 is 11.5 Å². The Labute approximate surface area is 130 Å². The van der Waals surface area contributed by atoms with E-state index in [4.69, 9.17) is 0 Å². The van der Waals surface area contributed by atoms with Gasteiger partial charge in [-0.05, 0) is 40.9 Å². The SMILES string of the molecule is O=C(Cc1ccc(Br)s1)NC1(C(=O)O)CCCCCC1. The van der Waals surface area contributed by atoms with Crippen molar-refractivity contribution in [1.29, 1.82) is 0 Å². The molecule has 0 aliphatic heterocycles. The van der Waals surface area contributed by atoms with Crippen molar-refractivity contribution in [1.82, 2.24) is 5.32 Å². The van der Waals surface area contributed by atoms with E-state index in [9.17, 15) is 14.7 Å². The van der Waals surface area contributed by atoms with Crippen molar-refractivity contribution in [2.45, 2.75) is 50.5 Å². The number of amides is 1. The van der Waals surface area contributed by atoms with Crippen LogP contribution in [0.5, 0.6) is 0 Å². The molecule has 0 spiro atoms. The molecule has 1 aromatic rings. The molecular weight excluding hydrogens is 342 g/mol. The summed E-state index contributed by atoms with van der Waals surface area (Å²) in [6.45, 7) is 0. The van der Waals surface area contributed by atoms with Gasteiger partial charge in [0, 0.05) is 4.88 Å². The van der Waals surface area contributed by atoms with E-state index in [-0.39, 0.29) is 12.3 Å². The van der Waals surface area contributed by atoms with Crippen molar-refractivity contribution in [2.24, 2.45) is 0 Å². The molecule has 1 aromatic heterocycles. The molecule has 0 saturated heterocycles. The molecule has 0 unspecified atom stereocenters. The first kappa shape index (κ1) is 15.5. The molecule has 2 rings (SSSR count). The number of carboxylic acid groups (broad SMARTS) is 1. The van der Waals surface area contributed by atoms with Crippen molar-refractivity contribution < 1.29 is 14.7 Å². The van der Waals surface area contributed by atoms with Crippen LogP contribution in [0.2, 0.25) is 0 Å². The zero-order chi connectivity index (χ0) is 14.6. The molecule has 1 aliphatic rings. The van der Waals surface area contributed by atoms with Gasteiger partial charge in [0.15, 0.2) is 0 Å². The number of hydrogen-bond donors (Lipinski definition) is 2. The molecule has 0 bridgehead atoms. The van der Waals surface area contributed by atoms with Crippen LogP contribution in [0, 0.1) is 0 Å². The van der Waals surface area contributed by atoms with Gasteiger partial charge in [-0.25, -0.2) is 4.79 Å². The van der Waals surface area contributed by atoms with E-state index >= 15 is 0 Å². The van der Waals surface area contributed by atoms with Gasteiger partial charge in [-0.2, -0.15) is 0 Å². The fourth-order valence-electron chi connectivity index (χ4n) is 2.64. The van der Waals surface area contributed by atoms with Gasteiger partial charge >= 0.3 is 5.97 Å². The molecule has 1 amide bonds. The highest BCUT2D eigenvalue weighted by atomic mass is 79.9. The van der Waals surface area contributed by atoms with E-state index in [0.29, 0.717) is 12.8 Å². The van der Waals surface area contributed by atoms with E-state index in [1.165, 1.54) is 11.3 Å². The third-order valence-electron chi connectivity index (χ3n) is 3.71. The second-order valence-electron chi connectivity index (χ2n) is 5.23. The number of carboxylic acids is 1. The topological polar surface area (TPSA) is 66.4 Å². The molecule has 1 fully saturated rings. The summed E-state index contributed by atoms with van der Waals surface area (Å²) in [6.07, 6.45) is 5.11. The van der Waals surface area contributed by atoms with Gasteiger partial charge in [-0.15, -0.1) is 11.3 Å². The maximum atomic E-state index is 12.1. The van der Waals surface area contributed by atoms with Gasteiger partial charge in [-0.3, -0.25) is 4.79 Å². The molecule has 0 atom stereocenters. The van der Waals surface area contributed by atoms with Crippen LogP contribution in [-0.4, -0.2) is 22.5 Å². The molecule has 2 N–H and O–H groups in total. The van der Waals surface area contributed by atoms with Crippen molar-refractivity contribution >= 4 is 39.1 Å². The molecule has 1 heterocycles. The smallest absolute Gasteiger partial charge is 0.329 e. The fourth-order valence-corrected chi connectivity index (χ4v) is 4.12. The average Bonchev–Trinajstić information content (AvgIpc) is 2.64. The van der Waals surface area contributed by atoms with Gasteiger partial charge in [0.05, 0.1) is 10.2 Å². The predicted molar refractivity (Wildman–Crippen MR) is 81.9 cm³/mol. The Morgan fingerprint density at radius 3 is 2.40 bits per heavy atom. The number of hydrogen-bond acceptors (Lipinski definition) is 3. The van der Waals surface area contributed by atoms with E-state index in [2.05, 4.69) is 21.2 Å². The Morgan fingerprint density at radius 2 is 1.90 bits per heavy atom. The molecule has 0 aromatic carbocycles. The van der Waals surface area contributed by atoms with Crippen LogP contribution < -0.4 is 5.32 Å². The lowest BCUT2D eigenvalue weighted by atomic mass is 9.90. The number of nitrogens with one attached hydrogen (secondary N) is 1. The highest BCUT2D eigenvalue weighted by Crippen LogP contribution is 2.28. The molecule has 0 radical (unpaired) electrons. The zero-order valence-electron chi connectivity index (χ0n) is 11.2. The highest BCUT2D eigenvalue weighted by Gasteiger charge is 2.39. The Kier molecular flexibility index (Phi) is 5.21. The minimum absolute atomic E-state index is 0.205. The van der Waals surface area contributed by atoms with Crippen LogP contribution >= 0.6 is 27.3 Å². The molecular formula is C14H18BrNO3S. The van der Waals surface area contributed by atoms with E-state index in [0.717, 1.165) is 34.3 Å². The second-order valence-corrected chi connectivity index (χ2v) is 7.78. The normalized spacial score (nSPS) is 18.2.